The van der Waals surface area contributed by atoms with E-state index in [0.717, 1.165) is 42.5 Å². The van der Waals surface area contributed by atoms with Gasteiger partial charge in [0, 0.05) is 31.7 Å². The van der Waals surface area contributed by atoms with E-state index in [1.54, 1.807) is 7.05 Å². The van der Waals surface area contributed by atoms with Crippen molar-refractivity contribution in [2.45, 2.75) is 51.5 Å². The molecule has 0 heterocycles. The Morgan fingerprint density at radius 1 is 1.12 bits per heavy atom. The quantitative estimate of drug-likeness (QED) is 0.336. The second kappa shape index (κ2) is 10.7. The predicted octanol–water partition coefficient (Wildman–Crippen LogP) is 3.90. The van der Waals surface area contributed by atoms with Crippen LogP contribution in [0.2, 0.25) is 0 Å². The Labute approximate surface area is 173 Å². The lowest BCUT2D eigenvalue weighted by Gasteiger charge is -2.21. The highest BCUT2D eigenvalue weighted by atomic mass is 127. The maximum Gasteiger partial charge on any atom is 0.227 e. The van der Waals surface area contributed by atoms with Crippen molar-refractivity contribution in [2.75, 3.05) is 18.9 Å². The van der Waals surface area contributed by atoms with Crippen molar-refractivity contribution in [2.24, 2.45) is 16.8 Å². The van der Waals surface area contributed by atoms with Gasteiger partial charge >= 0.3 is 0 Å². The number of guanidine groups is 1. The molecule has 6 heteroatoms. The maximum absolute atomic E-state index is 12.4. The van der Waals surface area contributed by atoms with Crippen LogP contribution in [0.4, 0.5) is 5.69 Å². The molecule has 0 atom stereocenters. The summed E-state index contributed by atoms with van der Waals surface area (Å²) in [5, 5.41) is 9.79. The minimum atomic E-state index is 0. The minimum absolute atomic E-state index is 0. The van der Waals surface area contributed by atoms with Gasteiger partial charge in [0.05, 0.1) is 0 Å². The first kappa shape index (κ1) is 21.0. The molecular weight excluding hydrogens is 439 g/mol. The van der Waals surface area contributed by atoms with E-state index < -0.39 is 0 Å². The Balaban J connectivity index is 0.00000243. The van der Waals surface area contributed by atoms with Crippen LogP contribution in [-0.2, 0) is 11.3 Å². The number of anilines is 1. The molecule has 0 unspecified atom stereocenters. The zero-order valence-corrected chi connectivity index (χ0v) is 17.9. The highest BCUT2D eigenvalue weighted by Crippen LogP contribution is 2.27. The molecule has 1 aromatic rings. The van der Waals surface area contributed by atoms with Crippen molar-refractivity contribution in [3.63, 3.8) is 0 Å². The van der Waals surface area contributed by atoms with E-state index in [2.05, 4.69) is 27.0 Å². The lowest BCUT2D eigenvalue weighted by atomic mass is 9.88. The molecule has 144 valence electrons. The molecule has 0 aliphatic heterocycles. The van der Waals surface area contributed by atoms with Gasteiger partial charge in [0.15, 0.2) is 5.96 Å². The third kappa shape index (κ3) is 6.78. The van der Waals surface area contributed by atoms with Gasteiger partial charge in [-0.2, -0.15) is 0 Å². The van der Waals surface area contributed by atoms with Gasteiger partial charge < -0.3 is 16.0 Å². The highest BCUT2D eigenvalue weighted by molar-refractivity contribution is 14.0. The largest absolute Gasteiger partial charge is 0.356 e. The number of hydrogen-bond donors (Lipinski definition) is 3. The van der Waals surface area contributed by atoms with Crippen LogP contribution < -0.4 is 16.0 Å². The van der Waals surface area contributed by atoms with Crippen LogP contribution in [0.25, 0.3) is 0 Å². The van der Waals surface area contributed by atoms with Crippen molar-refractivity contribution in [1.29, 1.82) is 0 Å². The Kier molecular flexibility index (Phi) is 8.68. The van der Waals surface area contributed by atoms with Gasteiger partial charge in [-0.25, -0.2) is 0 Å². The monoisotopic (exact) mass is 470 g/mol. The fraction of sp³-hybridized carbons (Fsp3) is 0.600. The van der Waals surface area contributed by atoms with E-state index in [4.69, 9.17) is 0 Å². The van der Waals surface area contributed by atoms with E-state index in [-0.39, 0.29) is 35.8 Å². The van der Waals surface area contributed by atoms with E-state index >= 15 is 0 Å². The molecule has 5 nitrogen and oxygen atoms in total. The number of carbonyl (C=O) groups excluding carboxylic acids is 1. The number of nitrogens with one attached hydrogen (secondary N) is 3. The summed E-state index contributed by atoms with van der Waals surface area (Å²) in [6.07, 6.45) is 8.32. The number of rotatable bonds is 6. The van der Waals surface area contributed by atoms with E-state index in [0.29, 0.717) is 6.54 Å². The molecule has 3 N–H and O–H groups in total. The topological polar surface area (TPSA) is 65.5 Å². The summed E-state index contributed by atoms with van der Waals surface area (Å²) >= 11 is 0. The molecule has 0 radical (unpaired) electrons. The lowest BCUT2D eigenvalue weighted by molar-refractivity contribution is -0.120. The van der Waals surface area contributed by atoms with Gasteiger partial charge in [-0.15, -0.1) is 24.0 Å². The summed E-state index contributed by atoms with van der Waals surface area (Å²) in [7, 11) is 1.79. The van der Waals surface area contributed by atoms with E-state index in [9.17, 15) is 4.79 Å². The van der Waals surface area contributed by atoms with E-state index in [1.807, 2.05) is 18.2 Å². The molecule has 3 rings (SSSR count). The molecule has 2 aliphatic rings. The standard InChI is InChI=1S/C20H30N4O.HI/c1-21-20(22-13-15-10-11-15)23-14-16-6-5-9-18(12-16)24-19(25)17-7-3-2-4-8-17;/h5-6,9,12,15,17H,2-4,7-8,10-11,13-14H2,1H3,(H,24,25)(H2,21,22,23);1H. The Morgan fingerprint density at radius 3 is 2.58 bits per heavy atom. The summed E-state index contributed by atoms with van der Waals surface area (Å²) in [4.78, 5) is 16.6. The Bertz CT molecular complexity index is 610. The third-order valence-corrected chi connectivity index (χ3v) is 5.11. The zero-order valence-electron chi connectivity index (χ0n) is 15.6. The van der Waals surface area contributed by atoms with Crippen LogP contribution in [0.15, 0.2) is 29.3 Å². The van der Waals surface area contributed by atoms with Gasteiger partial charge in [-0.05, 0) is 49.3 Å². The molecular formula is C20H31IN4O. The number of halogens is 1. The molecule has 0 spiro atoms. The van der Waals surface area contributed by atoms with Crippen molar-refractivity contribution < 1.29 is 4.79 Å². The number of carbonyl (C=O) groups is 1. The SMILES string of the molecule is CN=C(NCc1cccc(NC(=O)C2CCCCC2)c1)NCC1CC1.I. The summed E-state index contributed by atoms with van der Waals surface area (Å²) < 4.78 is 0. The average Bonchev–Trinajstić information content (AvgIpc) is 3.47. The second-order valence-electron chi connectivity index (χ2n) is 7.27. The van der Waals surface area contributed by atoms with Crippen molar-refractivity contribution in [3.05, 3.63) is 29.8 Å². The van der Waals surface area contributed by atoms with Gasteiger partial charge in [-0.3, -0.25) is 9.79 Å². The summed E-state index contributed by atoms with van der Waals surface area (Å²) in [6.45, 7) is 1.69. The number of nitrogens with zero attached hydrogens (tertiary/aromatic N) is 1. The van der Waals surface area contributed by atoms with E-state index in [1.165, 1.54) is 32.1 Å². The predicted molar refractivity (Wildman–Crippen MR) is 118 cm³/mol. The summed E-state index contributed by atoms with van der Waals surface area (Å²) in [5.41, 5.74) is 2.02. The number of aliphatic imine (C=N–C) groups is 1. The molecule has 26 heavy (non-hydrogen) atoms. The van der Waals surface area contributed by atoms with Crippen LogP contribution in [0.3, 0.4) is 0 Å². The normalized spacial score (nSPS) is 18.0. The zero-order chi connectivity index (χ0) is 17.5. The van der Waals surface area contributed by atoms with Crippen molar-refractivity contribution in [1.82, 2.24) is 10.6 Å². The molecule has 0 bridgehead atoms. The fourth-order valence-electron chi connectivity index (χ4n) is 3.34. The smallest absolute Gasteiger partial charge is 0.227 e. The van der Waals surface area contributed by atoms with Crippen LogP contribution in [0.1, 0.15) is 50.5 Å². The van der Waals surface area contributed by atoms with Gasteiger partial charge in [0.2, 0.25) is 5.91 Å². The first-order valence-corrected chi connectivity index (χ1v) is 9.59. The molecule has 1 amide bonds. The number of amides is 1. The summed E-state index contributed by atoms with van der Waals surface area (Å²) in [6, 6.07) is 8.07. The maximum atomic E-state index is 12.4. The molecule has 0 saturated heterocycles. The van der Waals surface area contributed by atoms with Gasteiger partial charge in [0.1, 0.15) is 0 Å². The fourth-order valence-corrected chi connectivity index (χ4v) is 3.34. The van der Waals surface area contributed by atoms with Gasteiger partial charge in [0.25, 0.3) is 0 Å². The molecule has 2 saturated carbocycles. The van der Waals surface area contributed by atoms with Crippen molar-refractivity contribution in [3.8, 4) is 0 Å². The summed E-state index contributed by atoms with van der Waals surface area (Å²) in [5.74, 6) is 2.01. The molecule has 2 aliphatic carbocycles. The molecule has 0 aromatic heterocycles. The minimum Gasteiger partial charge on any atom is -0.356 e. The van der Waals surface area contributed by atoms with Crippen LogP contribution in [-0.4, -0.2) is 25.5 Å². The molecule has 2 fully saturated rings. The highest BCUT2D eigenvalue weighted by Gasteiger charge is 2.21. The average molecular weight is 470 g/mol. The van der Waals surface area contributed by atoms with Crippen molar-refractivity contribution >= 4 is 41.5 Å². The first-order valence-electron chi connectivity index (χ1n) is 9.59. The number of hydrogen-bond acceptors (Lipinski definition) is 2. The van der Waals surface area contributed by atoms with Crippen LogP contribution in [0, 0.1) is 11.8 Å². The Morgan fingerprint density at radius 2 is 1.88 bits per heavy atom. The second-order valence-corrected chi connectivity index (χ2v) is 7.27. The van der Waals surface area contributed by atoms with Gasteiger partial charge in [-0.1, -0.05) is 31.4 Å². The Hall–Kier alpha value is -1.31. The molecule has 1 aromatic carbocycles. The van der Waals surface area contributed by atoms with Crippen LogP contribution >= 0.6 is 24.0 Å². The first-order chi connectivity index (χ1) is 12.2. The van der Waals surface area contributed by atoms with Crippen LogP contribution in [0.5, 0.6) is 0 Å². The third-order valence-electron chi connectivity index (χ3n) is 5.11. The number of benzene rings is 1. The lowest BCUT2D eigenvalue weighted by Crippen LogP contribution is -2.37.